The number of nitrogens with two attached hydrogens (primary N) is 1. The van der Waals surface area contributed by atoms with Gasteiger partial charge in [0.2, 0.25) is 0 Å². The van der Waals surface area contributed by atoms with Gasteiger partial charge in [-0.3, -0.25) is 14.6 Å². The molecule has 0 aromatic carbocycles. The van der Waals surface area contributed by atoms with E-state index in [1.165, 1.54) is 13.3 Å². The van der Waals surface area contributed by atoms with Crippen molar-refractivity contribution in [3.8, 4) is 0 Å². The Morgan fingerprint density at radius 2 is 2.29 bits per heavy atom. The van der Waals surface area contributed by atoms with Gasteiger partial charge in [0, 0.05) is 24.8 Å². The number of ether oxygens (including phenoxy) is 1. The van der Waals surface area contributed by atoms with Gasteiger partial charge in [-0.05, 0) is 12.1 Å². The predicted octanol–water partition coefficient (Wildman–Crippen LogP) is -0.167. The number of rotatable bonds is 5. The maximum absolute atomic E-state index is 11.7. The molecule has 1 rings (SSSR count). The molecule has 1 aromatic heterocycles. The third-order valence-corrected chi connectivity index (χ3v) is 2.13. The van der Waals surface area contributed by atoms with Crippen molar-refractivity contribution < 1.29 is 14.3 Å². The summed E-state index contributed by atoms with van der Waals surface area (Å²) in [6.45, 7) is 0.523. The molecule has 6 nitrogen and oxygen atoms in total. The van der Waals surface area contributed by atoms with E-state index in [1.54, 1.807) is 12.1 Å². The lowest BCUT2D eigenvalue weighted by Gasteiger charge is -2.05. The summed E-state index contributed by atoms with van der Waals surface area (Å²) in [6.07, 6.45) is 1.68. The summed E-state index contributed by atoms with van der Waals surface area (Å²) in [6, 6.07) is 3.21. The second-order valence-corrected chi connectivity index (χ2v) is 3.32. The highest BCUT2D eigenvalue weighted by molar-refractivity contribution is 5.94. The highest BCUT2D eigenvalue weighted by Crippen LogP contribution is 2.01. The van der Waals surface area contributed by atoms with Crippen molar-refractivity contribution in [1.82, 2.24) is 10.3 Å². The fourth-order valence-electron chi connectivity index (χ4n) is 1.21. The van der Waals surface area contributed by atoms with Crippen LogP contribution in [0.3, 0.4) is 0 Å². The summed E-state index contributed by atoms with van der Waals surface area (Å²) in [4.78, 5) is 26.5. The van der Waals surface area contributed by atoms with Crippen molar-refractivity contribution in [1.29, 1.82) is 0 Å². The molecule has 92 valence electrons. The van der Waals surface area contributed by atoms with Crippen molar-refractivity contribution in [2.75, 3.05) is 13.7 Å². The predicted molar refractivity (Wildman–Crippen MR) is 61.1 cm³/mol. The van der Waals surface area contributed by atoms with Gasteiger partial charge in [-0.15, -0.1) is 0 Å². The van der Waals surface area contributed by atoms with Crippen LogP contribution in [0.2, 0.25) is 0 Å². The number of hydrogen-bond acceptors (Lipinski definition) is 5. The summed E-state index contributed by atoms with van der Waals surface area (Å²) >= 11 is 0. The molecular formula is C11H15N3O3. The van der Waals surface area contributed by atoms with E-state index >= 15 is 0 Å². The summed E-state index contributed by atoms with van der Waals surface area (Å²) in [5, 5.41) is 2.61. The molecular weight excluding hydrogens is 222 g/mol. The van der Waals surface area contributed by atoms with Crippen LogP contribution in [0.25, 0.3) is 0 Å². The molecule has 0 aliphatic heterocycles. The average Bonchev–Trinajstić information content (AvgIpc) is 2.38. The number of carbonyl (C=O) groups is 2. The van der Waals surface area contributed by atoms with E-state index in [9.17, 15) is 9.59 Å². The topological polar surface area (TPSA) is 94.3 Å². The molecule has 0 spiro atoms. The van der Waals surface area contributed by atoms with Crippen LogP contribution in [-0.2, 0) is 16.1 Å². The summed E-state index contributed by atoms with van der Waals surface area (Å²) < 4.78 is 4.46. The quantitative estimate of drug-likeness (QED) is 0.693. The molecule has 17 heavy (non-hydrogen) atoms. The molecule has 0 saturated carbocycles. The van der Waals surface area contributed by atoms with Crippen LogP contribution in [0.1, 0.15) is 22.5 Å². The molecule has 0 aliphatic carbocycles. The lowest BCUT2D eigenvalue weighted by molar-refractivity contribution is -0.140. The molecule has 3 N–H and O–H groups in total. The fourth-order valence-corrected chi connectivity index (χ4v) is 1.21. The van der Waals surface area contributed by atoms with Crippen LogP contribution in [0.4, 0.5) is 0 Å². The maximum Gasteiger partial charge on any atom is 0.307 e. The Hall–Kier alpha value is -1.95. The molecule has 0 unspecified atom stereocenters. The van der Waals surface area contributed by atoms with Crippen molar-refractivity contribution in [2.45, 2.75) is 13.0 Å². The van der Waals surface area contributed by atoms with Crippen LogP contribution < -0.4 is 11.1 Å². The van der Waals surface area contributed by atoms with Crippen LogP contribution in [0.5, 0.6) is 0 Å². The molecule has 1 aromatic rings. The normalized spacial score (nSPS) is 9.76. The zero-order chi connectivity index (χ0) is 12.7. The van der Waals surface area contributed by atoms with E-state index in [0.717, 1.165) is 0 Å². The number of hydrogen-bond donors (Lipinski definition) is 2. The molecule has 0 aliphatic rings. The number of aromatic nitrogens is 1. The van der Waals surface area contributed by atoms with Gasteiger partial charge in [-0.2, -0.15) is 0 Å². The molecule has 6 heteroatoms. The van der Waals surface area contributed by atoms with E-state index in [1.807, 2.05) is 0 Å². The van der Waals surface area contributed by atoms with Gasteiger partial charge in [0.1, 0.15) is 0 Å². The van der Waals surface area contributed by atoms with Crippen LogP contribution in [0, 0.1) is 0 Å². The monoisotopic (exact) mass is 237 g/mol. The number of pyridine rings is 1. The van der Waals surface area contributed by atoms with Gasteiger partial charge >= 0.3 is 5.97 Å². The minimum Gasteiger partial charge on any atom is -0.469 e. The Morgan fingerprint density at radius 1 is 1.53 bits per heavy atom. The van der Waals surface area contributed by atoms with Gasteiger partial charge in [-0.25, -0.2) is 0 Å². The number of nitrogens with zero attached hydrogens (tertiary/aromatic N) is 1. The third-order valence-electron chi connectivity index (χ3n) is 2.13. The molecule has 0 radical (unpaired) electrons. The SMILES string of the molecule is COC(=O)CCNC(=O)c1ccnc(CN)c1. The Labute approximate surface area is 99.2 Å². The number of methoxy groups -OCH3 is 1. The van der Waals surface area contributed by atoms with Gasteiger partial charge < -0.3 is 15.8 Å². The van der Waals surface area contributed by atoms with Gasteiger partial charge in [0.05, 0.1) is 19.2 Å². The highest BCUT2D eigenvalue weighted by atomic mass is 16.5. The van der Waals surface area contributed by atoms with Gasteiger partial charge in [0.25, 0.3) is 5.91 Å². The average molecular weight is 237 g/mol. The fraction of sp³-hybridized carbons (Fsp3) is 0.364. The van der Waals surface area contributed by atoms with E-state index in [4.69, 9.17) is 5.73 Å². The van der Waals surface area contributed by atoms with E-state index in [2.05, 4.69) is 15.0 Å². The standard InChI is InChI=1S/C11H15N3O3/c1-17-10(15)3-5-14-11(16)8-2-4-13-9(6-8)7-12/h2,4,6H,3,5,7,12H2,1H3,(H,14,16). The smallest absolute Gasteiger partial charge is 0.307 e. The number of amides is 1. The summed E-state index contributed by atoms with van der Waals surface area (Å²) in [7, 11) is 1.31. The second-order valence-electron chi connectivity index (χ2n) is 3.32. The van der Waals surface area contributed by atoms with Crippen molar-refractivity contribution in [3.63, 3.8) is 0 Å². The highest BCUT2D eigenvalue weighted by Gasteiger charge is 2.07. The van der Waals surface area contributed by atoms with E-state index < -0.39 is 0 Å². The first-order chi connectivity index (χ1) is 8.17. The van der Waals surface area contributed by atoms with Crippen molar-refractivity contribution >= 4 is 11.9 Å². The number of carbonyl (C=O) groups excluding carboxylic acids is 2. The number of nitrogens with one attached hydrogen (secondary N) is 1. The third kappa shape index (κ3) is 4.20. The van der Waals surface area contributed by atoms with Crippen molar-refractivity contribution in [2.24, 2.45) is 5.73 Å². The lowest BCUT2D eigenvalue weighted by atomic mass is 10.2. The second kappa shape index (κ2) is 6.59. The number of esters is 1. The van der Waals surface area contributed by atoms with Crippen molar-refractivity contribution in [3.05, 3.63) is 29.6 Å². The Bertz CT molecular complexity index is 407. The summed E-state index contributed by atoms with van der Waals surface area (Å²) in [5.74, 6) is -0.617. The lowest BCUT2D eigenvalue weighted by Crippen LogP contribution is -2.26. The first-order valence-corrected chi connectivity index (χ1v) is 5.17. The van der Waals surface area contributed by atoms with Crippen LogP contribution in [-0.4, -0.2) is 30.5 Å². The Balaban J connectivity index is 2.49. The molecule has 0 fully saturated rings. The maximum atomic E-state index is 11.7. The van der Waals surface area contributed by atoms with Gasteiger partial charge in [0.15, 0.2) is 0 Å². The Kier molecular flexibility index (Phi) is 5.09. The molecule has 0 saturated heterocycles. The largest absolute Gasteiger partial charge is 0.469 e. The zero-order valence-corrected chi connectivity index (χ0v) is 9.60. The minimum absolute atomic E-state index is 0.150. The van der Waals surface area contributed by atoms with E-state index in [0.29, 0.717) is 11.3 Å². The summed E-state index contributed by atoms with van der Waals surface area (Å²) in [5.41, 5.74) is 6.54. The molecule has 1 amide bonds. The van der Waals surface area contributed by atoms with Gasteiger partial charge in [-0.1, -0.05) is 0 Å². The minimum atomic E-state index is -0.359. The first-order valence-electron chi connectivity index (χ1n) is 5.17. The van der Waals surface area contributed by atoms with Crippen LogP contribution >= 0.6 is 0 Å². The molecule has 0 atom stereocenters. The first kappa shape index (κ1) is 13.1. The van der Waals surface area contributed by atoms with E-state index in [-0.39, 0.29) is 31.4 Å². The molecule has 0 bridgehead atoms. The zero-order valence-electron chi connectivity index (χ0n) is 9.60. The molecule has 1 heterocycles. The van der Waals surface area contributed by atoms with Crippen LogP contribution in [0.15, 0.2) is 18.3 Å². The Morgan fingerprint density at radius 3 is 2.94 bits per heavy atom.